The Morgan fingerprint density at radius 2 is 1.93 bits per heavy atom. The van der Waals surface area contributed by atoms with Crippen molar-refractivity contribution < 1.29 is 17.6 Å². The maximum atomic E-state index is 12.9. The van der Waals surface area contributed by atoms with Crippen molar-refractivity contribution in [3.63, 3.8) is 0 Å². The first-order chi connectivity index (χ1) is 6.46. The lowest BCUT2D eigenvalue weighted by molar-refractivity contribution is -0.137. The molecule has 1 rings (SSSR count). The molecule has 76 valence electrons. The van der Waals surface area contributed by atoms with Crippen molar-refractivity contribution >= 4 is 6.21 Å². The van der Waals surface area contributed by atoms with Crippen molar-refractivity contribution in [2.75, 3.05) is 0 Å². The van der Waals surface area contributed by atoms with Crippen LogP contribution in [0.2, 0.25) is 0 Å². The molecule has 0 unspecified atom stereocenters. The number of benzene rings is 1. The Morgan fingerprint density at radius 1 is 1.29 bits per heavy atom. The smallest absolute Gasteiger partial charge is 0.323 e. The fraction of sp³-hybridized carbons (Fsp3) is 0.125. The number of hydrazone groups is 1. The van der Waals surface area contributed by atoms with Crippen molar-refractivity contribution in [1.82, 2.24) is 0 Å². The van der Waals surface area contributed by atoms with Gasteiger partial charge in [-0.05, 0) is 12.1 Å². The Balaban J connectivity index is 3.36. The SMILES string of the molecule is NN=Cc1c(F)cccc1C(F)(F)F. The number of hydrogen-bond donors (Lipinski definition) is 1. The van der Waals surface area contributed by atoms with Gasteiger partial charge in [0.05, 0.1) is 11.8 Å². The minimum Gasteiger partial charge on any atom is -0.323 e. The molecule has 0 amide bonds. The molecule has 2 nitrogen and oxygen atoms in total. The van der Waals surface area contributed by atoms with Gasteiger partial charge in [0, 0.05) is 5.56 Å². The van der Waals surface area contributed by atoms with E-state index in [-0.39, 0.29) is 0 Å². The Kier molecular flexibility index (Phi) is 2.73. The van der Waals surface area contributed by atoms with Crippen LogP contribution in [0.25, 0.3) is 0 Å². The largest absolute Gasteiger partial charge is 0.417 e. The summed E-state index contributed by atoms with van der Waals surface area (Å²) in [5, 5.41) is 2.88. The fourth-order valence-corrected chi connectivity index (χ4v) is 0.990. The van der Waals surface area contributed by atoms with Crippen LogP contribution < -0.4 is 5.84 Å². The molecule has 0 heterocycles. The first-order valence-corrected chi connectivity index (χ1v) is 3.56. The highest BCUT2D eigenvalue weighted by atomic mass is 19.4. The van der Waals surface area contributed by atoms with Crippen molar-refractivity contribution in [2.45, 2.75) is 6.18 Å². The molecule has 1 aromatic rings. The van der Waals surface area contributed by atoms with Crippen LogP contribution >= 0.6 is 0 Å². The van der Waals surface area contributed by atoms with Gasteiger partial charge in [-0.3, -0.25) is 0 Å². The molecule has 0 fully saturated rings. The van der Waals surface area contributed by atoms with Gasteiger partial charge in [-0.15, -0.1) is 0 Å². The number of nitrogens with two attached hydrogens (primary N) is 1. The van der Waals surface area contributed by atoms with Crippen LogP contribution in [-0.2, 0) is 6.18 Å². The number of alkyl halides is 3. The molecule has 2 N–H and O–H groups in total. The lowest BCUT2D eigenvalue weighted by Crippen LogP contribution is -2.10. The Morgan fingerprint density at radius 3 is 2.43 bits per heavy atom. The summed E-state index contributed by atoms with van der Waals surface area (Å²) in [5.74, 6) is 3.67. The lowest BCUT2D eigenvalue weighted by Gasteiger charge is -2.09. The van der Waals surface area contributed by atoms with Gasteiger partial charge in [0.25, 0.3) is 0 Å². The van der Waals surface area contributed by atoms with Gasteiger partial charge in [-0.1, -0.05) is 6.07 Å². The predicted molar refractivity (Wildman–Crippen MR) is 43.2 cm³/mol. The molecule has 0 bridgehead atoms. The summed E-state index contributed by atoms with van der Waals surface area (Å²) in [6, 6.07) is 2.65. The van der Waals surface area contributed by atoms with E-state index < -0.39 is 23.1 Å². The highest BCUT2D eigenvalue weighted by Crippen LogP contribution is 2.32. The molecule has 0 aromatic heterocycles. The van der Waals surface area contributed by atoms with Gasteiger partial charge < -0.3 is 5.84 Å². The summed E-state index contributed by atoms with van der Waals surface area (Å²) in [7, 11) is 0. The van der Waals surface area contributed by atoms with Crippen molar-refractivity contribution in [2.24, 2.45) is 10.9 Å². The lowest BCUT2D eigenvalue weighted by atomic mass is 10.1. The summed E-state index contributed by atoms with van der Waals surface area (Å²) in [6.07, 6.45) is -3.98. The number of nitrogens with zero attached hydrogens (tertiary/aromatic N) is 1. The molecular formula is C8H6F4N2. The van der Waals surface area contributed by atoms with E-state index in [1.165, 1.54) is 0 Å². The molecule has 0 saturated heterocycles. The third-order valence-electron chi connectivity index (χ3n) is 1.56. The Bertz CT molecular complexity index is 357. The molecule has 1 aromatic carbocycles. The molecule has 0 radical (unpaired) electrons. The summed E-state index contributed by atoms with van der Waals surface area (Å²) in [5.41, 5.74) is -1.74. The molecule has 14 heavy (non-hydrogen) atoms. The van der Waals surface area contributed by atoms with E-state index in [9.17, 15) is 17.6 Å². The van der Waals surface area contributed by atoms with E-state index in [1.807, 2.05) is 0 Å². The molecule has 0 aliphatic rings. The fourth-order valence-electron chi connectivity index (χ4n) is 0.990. The second-order valence-corrected chi connectivity index (χ2v) is 2.48. The van der Waals surface area contributed by atoms with E-state index in [1.54, 1.807) is 0 Å². The van der Waals surface area contributed by atoms with E-state index in [0.29, 0.717) is 6.21 Å². The van der Waals surface area contributed by atoms with Gasteiger partial charge in [0.15, 0.2) is 0 Å². The summed E-state index contributed by atoms with van der Waals surface area (Å²) in [6.45, 7) is 0. The van der Waals surface area contributed by atoms with Gasteiger partial charge in [0.2, 0.25) is 0 Å². The van der Waals surface area contributed by atoms with Crippen LogP contribution in [0.5, 0.6) is 0 Å². The van der Waals surface area contributed by atoms with Crippen LogP contribution in [-0.4, -0.2) is 6.21 Å². The summed E-state index contributed by atoms with van der Waals surface area (Å²) >= 11 is 0. The second-order valence-electron chi connectivity index (χ2n) is 2.48. The van der Waals surface area contributed by atoms with Gasteiger partial charge >= 0.3 is 6.18 Å². The Hall–Kier alpha value is -1.59. The highest BCUT2D eigenvalue weighted by molar-refractivity contribution is 5.82. The molecule has 0 aliphatic carbocycles. The third-order valence-corrected chi connectivity index (χ3v) is 1.56. The first kappa shape index (κ1) is 10.5. The molecule has 6 heteroatoms. The minimum absolute atomic E-state index is 0.637. The minimum atomic E-state index is -4.61. The van der Waals surface area contributed by atoms with Crippen LogP contribution in [0, 0.1) is 5.82 Å². The Labute approximate surface area is 77.0 Å². The van der Waals surface area contributed by atoms with Crippen LogP contribution in [0.4, 0.5) is 17.6 Å². The van der Waals surface area contributed by atoms with Gasteiger partial charge in [0.1, 0.15) is 5.82 Å². The van der Waals surface area contributed by atoms with Crippen molar-refractivity contribution in [1.29, 1.82) is 0 Å². The maximum Gasteiger partial charge on any atom is 0.417 e. The van der Waals surface area contributed by atoms with Gasteiger partial charge in [-0.2, -0.15) is 18.3 Å². The third kappa shape index (κ3) is 2.01. The molecular weight excluding hydrogens is 200 g/mol. The number of hydrogen-bond acceptors (Lipinski definition) is 2. The molecule has 0 saturated carbocycles. The maximum absolute atomic E-state index is 12.9. The number of rotatable bonds is 1. The summed E-state index contributed by atoms with van der Waals surface area (Å²) in [4.78, 5) is 0. The van der Waals surface area contributed by atoms with E-state index in [0.717, 1.165) is 18.2 Å². The normalized spacial score (nSPS) is 12.3. The van der Waals surface area contributed by atoms with Crippen molar-refractivity contribution in [3.8, 4) is 0 Å². The van der Waals surface area contributed by atoms with Crippen LogP contribution in [0.1, 0.15) is 11.1 Å². The molecule has 0 spiro atoms. The quantitative estimate of drug-likeness (QED) is 0.325. The van der Waals surface area contributed by atoms with E-state index in [2.05, 4.69) is 10.9 Å². The zero-order valence-corrected chi connectivity index (χ0v) is 6.85. The average molecular weight is 206 g/mol. The topological polar surface area (TPSA) is 38.4 Å². The zero-order chi connectivity index (χ0) is 10.8. The van der Waals surface area contributed by atoms with E-state index >= 15 is 0 Å². The summed E-state index contributed by atoms with van der Waals surface area (Å²) < 4.78 is 49.8. The highest BCUT2D eigenvalue weighted by Gasteiger charge is 2.33. The first-order valence-electron chi connectivity index (χ1n) is 3.56. The monoisotopic (exact) mass is 206 g/mol. The van der Waals surface area contributed by atoms with Crippen molar-refractivity contribution in [3.05, 3.63) is 35.1 Å². The second kappa shape index (κ2) is 3.65. The van der Waals surface area contributed by atoms with Gasteiger partial charge in [-0.25, -0.2) is 4.39 Å². The molecule has 0 aliphatic heterocycles. The predicted octanol–water partition coefficient (Wildman–Crippen LogP) is 2.14. The van der Waals surface area contributed by atoms with Crippen LogP contribution in [0.3, 0.4) is 0 Å². The zero-order valence-electron chi connectivity index (χ0n) is 6.85. The average Bonchev–Trinajstić information content (AvgIpc) is 2.07. The number of halogens is 4. The standard InChI is InChI=1S/C8H6F4N2/c9-7-3-1-2-6(8(10,11)12)5(7)4-14-13/h1-4H,13H2. The van der Waals surface area contributed by atoms with Crippen LogP contribution in [0.15, 0.2) is 23.3 Å². The molecule has 0 atom stereocenters. The van der Waals surface area contributed by atoms with E-state index in [4.69, 9.17) is 0 Å².